The van der Waals surface area contributed by atoms with Gasteiger partial charge < -0.3 is 9.84 Å². The first-order valence-electron chi connectivity index (χ1n) is 18.0. The van der Waals surface area contributed by atoms with Crippen molar-refractivity contribution in [2.45, 2.75) is 219 Å². The van der Waals surface area contributed by atoms with E-state index in [0.717, 1.165) is 51.4 Å². The summed E-state index contributed by atoms with van der Waals surface area (Å²) in [5.74, 6) is -0.665. The maximum Gasteiger partial charge on any atom is 0.306 e. The number of rotatable bonds is 33. The molecule has 0 bridgehead atoms. The molecule has 0 aromatic heterocycles. The number of unbranched alkanes of at least 4 members (excludes halogenated alkanes) is 24. The van der Waals surface area contributed by atoms with Gasteiger partial charge >= 0.3 is 11.9 Å². The Kier molecular flexibility index (Phi) is 31.6. The smallest absolute Gasteiger partial charge is 0.306 e. The molecular formula is C36H70O4. The highest BCUT2D eigenvalue weighted by Crippen LogP contribution is 2.19. The number of esters is 1. The van der Waals surface area contributed by atoms with Crippen LogP contribution in [0.25, 0.3) is 0 Å². The van der Waals surface area contributed by atoms with Crippen LogP contribution in [-0.2, 0) is 14.3 Å². The summed E-state index contributed by atoms with van der Waals surface area (Å²) >= 11 is 0. The summed E-state index contributed by atoms with van der Waals surface area (Å²) in [4.78, 5) is 23.1. The van der Waals surface area contributed by atoms with Crippen molar-refractivity contribution in [3.63, 3.8) is 0 Å². The van der Waals surface area contributed by atoms with Crippen molar-refractivity contribution in [2.24, 2.45) is 0 Å². The Bertz CT molecular complexity index is 533. The van der Waals surface area contributed by atoms with Crippen molar-refractivity contribution < 1.29 is 19.4 Å². The van der Waals surface area contributed by atoms with Crippen molar-refractivity contribution in [1.29, 1.82) is 0 Å². The molecule has 0 saturated carbocycles. The maximum absolute atomic E-state index is 12.5. The van der Waals surface area contributed by atoms with E-state index < -0.39 is 5.97 Å². The van der Waals surface area contributed by atoms with Crippen LogP contribution in [0.3, 0.4) is 0 Å². The molecule has 0 aliphatic heterocycles. The van der Waals surface area contributed by atoms with Crippen molar-refractivity contribution in [2.75, 3.05) is 0 Å². The van der Waals surface area contributed by atoms with Crippen LogP contribution in [0.4, 0.5) is 0 Å². The number of ether oxygens (including phenoxy) is 1. The molecule has 0 aromatic carbocycles. The van der Waals surface area contributed by atoms with Crippen LogP contribution in [0.15, 0.2) is 0 Å². The molecule has 0 radical (unpaired) electrons. The van der Waals surface area contributed by atoms with Crippen molar-refractivity contribution in [3.05, 3.63) is 0 Å². The molecule has 0 heterocycles. The van der Waals surface area contributed by atoms with Gasteiger partial charge in [0.2, 0.25) is 0 Å². The van der Waals surface area contributed by atoms with E-state index in [-0.39, 0.29) is 12.1 Å². The van der Waals surface area contributed by atoms with Gasteiger partial charge in [0, 0.05) is 12.8 Å². The molecule has 0 fully saturated rings. The van der Waals surface area contributed by atoms with Crippen LogP contribution >= 0.6 is 0 Å². The van der Waals surface area contributed by atoms with Gasteiger partial charge in [0.15, 0.2) is 0 Å². The van der Waals surface area contributed by atoms with Gasteiger partial charge in [-0.05, 0) is 38.5 Å². The Hall–Kier alpha value is -1.06. The SMILES string of the molecule is CCCCCCCCCCCCCCCCCC(=O)OC(CCCCCCC)CCCCCCCCCC(=O)O. The zero-order chi connectivity index (χ0) is 29.4. The topological polar surface area (TPSA) is 63.6 Å². The molecule has 4 heteroatoms. The molecule has 0 aliphatic rings. The lowest BCUT2D eigenvalue weighted by atomic mass is 10.0. The lowest BCUT2D eigenvalue weighted by Gasteiger charge is -2.18. The summed E-state index contributed by atoms with van der Waals surface area (Å²) in [6, 6.07) is 0. The Balaban J connectivity index is 3.83. The predicted molar refractivity (Wildman–Crippen MR) is 172 cm³/mol. The zero-order valence-electron chi connectivity index (χ0n) is 27.2. The van der Waals surface area contributed by atoms with Crippen LogP contribution in [0.5, 0.6) is 0 Å². The quantitative estimate of drug-likeness (QED) is 0.0633. The molecule has 0 amide bonds. The number of aliphatic carboxylic acids is 1. The van der Waals surface area contributed by atoms with E-state index in [9.17, 15) is 9.59 Å². The molecular weight excluding hydrogens is 496 g/mol. The highest BCUT2D eigenvalue weighted by Gasteiger charge is 2.14. The van der Waals surface area contributed by atoms with Crippen LogP contribution in [0.2, 0.25) is 0 Å². The van der Waals surface area contributed by atoms with E-state index in [1.165, 1.54) is 135 Å². The van der Waals surface area contributed by atoms with Gasteiger partial charge in [0.25, 0.3) is 0 Å². The number of carbonyl (C=O) groups is 2. The lowest BCUT2D eigenvalue weighted by Crippen LogP contribution is -2.18. The molecule has 4 nitrogen and oxygen atoms in total. The van der Waals surface area contributed by atoms with E-state index in [1.54, 1.807) is 0 Å². The minimum Gasteiger partial charge on any atom is -0.481 e. The Morgan fingerprint density at radius 2 is 0.750 bits per heavy atom. The first kappa shape index (κ1) is 38.9. The van der Waals surface area contributed by atoms with E-state index in [4.69, 9.17) is 9.84 Å². The number of carbonyl (C=O) groups excluding carboxylic acids is 1. The molecule has 0 spiro atoms. The second-order valence-electron chi connectivity index (χ2n) is 12.4. The van der Waals surface area contributed by atoms with Gasteiger partial charge in [0.05, 0.1) is 0 Å². The summed E-state index contributed by atoms with van der Waals surface area (Å²) in [6.45, 7) is 4.53. The summed E-state index contributed by atoms with van der Waals surface area (Å²) in [6.07, 6.45) is 37.0. The average molecular weight is 567 g/mol. The fourth-order valence-corrected chi connectivity index (χ4v) is 5.66. The molecule has 0 aliphatic carbocycles. The third-order valence-corrected chi connectivity index (χ3v) is 8.33. The standard InChI is InChI=1S/C36H70O4/c1-3-5-7-9-10-11-12-13-14-15-16-17-21-25-29-33-36(39)40-34(30-26-22-8-6-4-2)31-27-23-19-18-20-24-28-32-35(37)38/h34H,3-33H2,1-2H3,(H,37,38). The van der Waals surface area contributed by atoms with Crippen LogP contribution in [-0.4, -0.2) is 23.1 Å². The largest absolute Gasteiger partial charge is 0.481 e. The summed E-state index contributed by atoms with van der Waals surface area (Å²) < 4.78 is 5.96. The van der Waals surface area contributed by atoms with Gasteiger partial charge in [-0.1, -0.05) is 162 Å². The maximum atomic E-state index is 12.5. The van der Waals surface area contributed by atoms with E-state index in [1.807, 2.05) is 0 Å². The van der Waals surface area contributed by atoms with Crippen molar-refractivity contribution >= 4 is 11.9 Å². The Labute approximate surface area is 250 Å². The van der Waals surface area contributed by atoms with E-state index >= 15 is 0 Å². The third kappa shape index (κ3) is 31.5. The molecule has 1 N–H and O–H groups in total. The predicted octanol–water partition coefficient (Wildman–Crippen LogP) is 12.1. The molecule has 0 rings (SSSR count). The Morgan fingerprint density at radius 3 is 1.10 bits per heavy atom. The number of carboxylic acids is 1. The monoisotopic (exact) mass is 567 g/mol. The highest BCUT2D eigenvalue weighted by molar-refractivity contribution is 5.69. The molecule has 238 valence electrons. The fraction of sp³-hybridized carbons (Fsp3) is 0.944. The number of hydrogen-bond donors (Lipinski definition) is 1. The summed E-state index contributed by atoms with van der Waals surface area (Å²) in [5, 5.41) is 8.72. The zero-order valence-corrected chi connectivity index (χ0v) is 27.2. The second-order valence-corrected chi connectivity index (χ2v) is 12.4. The molecule has 0 saturated heterocycles. The van der Waals surface area contributed by atoms with Crippen molar-refractivity contribution in [1.82, 2.24) is 0 Å². The van der Waals surface area contributed by atoms with Crippen molar-refractivity contribution in [3.8, 4) is 0 Å². The molecule has 40 heavy (non-hydrogen) atoms. The summed E-state index contributed by atoms with van der Waals surface area (Å²) in [5.41, 5.74) is 0. The minimum absolute atomic E-state index is 0.0201. The third-order valence-electron chi connectivity index (χ3n) is 8.33. The number of carboxylic acid groups (broad SMARTS) is 1. The first-order chi connectivity index (χ1) is 19.6. The molecule has 1 unspecified atom stereocenters. The molecule has 1 atom stereocenters. The van der Waals surface area contributed by atoms with Gasteiger partial charge in [-0.3, -0.25) is 9.59 Å². The average Bonchev–Trinajstić information content (AvgIpc) is 2.93. The highest BCUT2D eigenvalue weighted by atomic mass is 16.5. The van der Waals surface area contributed by atoms with Gasteiger partial charge in [-0.25, -0.2) is 0 Å². The van der Waals surface area contributed by atoms with Gasteiger partial charge in [0.1, 0.15) is 6.10 Å². The normalized spacial score (nSPS) is 12.1. The minimum atomic E-state index is -0.685. The van der Waals surface area contributed by atoms with Gasteiger partial charge in [-0.2, -0.15) is 0 Å². The van der Waals surface area contributed by atoms with Crippen LogP contribution in [0, 0.1) is 0 Å². The fourth-order valence-electron chi connectivity index (χ4n) is 5.66. The Morgan fingerprint density at radius 1 is 0.450 bits per heavy atom. The number of hydrogen-bond acceptors (Lipinski definition) is 3. The lowest BCUT2D eigenvalue weighted by molar-refractivity contribution is -0.150. The van der Waals surface area contributed by atoms with Gasteiger partial charge in [-0.15, -0.1) is 0 Å². The van der Waals surface area contributed by atoms with Crippen LogP contribution in [0.1, 0.15) is 213 Å². The molecule has 0 aromatic rings. The first-order valence-corrected chi connectivity index (χ1v) is 18.0. The van der Waals surface area contributed by atoms with E-state index in [0.29, 0.717) is 12.8 Å². The van der Waals surface area contributed by atoms with Crippen LogP contribution < -0.4 is 0 Å². The second kappa shape index (κ2) is 32.5. The van der Waals surface area contributed by atoms with E-state index in [2.05, 4.69) is 13.8 Å². The summed E-state index contributed by atoms with van der Waals surface area (Å²) in [7, 11) is 0.